The highest BCUT2D eigenvalue weighted by atomic mass is 16.3. The summed E-state index contributed by atoms with van der Waals surface area (Å²) >= 11 is 0. The van der Waals surface area contributed by atoms with Crippen LogP contribution in [0.25, 0.3) is 0 Å². The third-order valence-electron chi connectivity index (χ3n) is 3.65. The molecule has 2 aromatic heterocycles. The summed E-state index contributed by atoms with van der Waals surface area (Å²) in [5, 5.41) is 18.1. The van der Waals surface area contributed by atoms with E-state index in [9.17, 15) is 5.11 Å². The van der Waals surface area contributed by atoms with Gasteiger partial charge >= 0.3 is 0 Å². The quantitative estimate of drug-likeness (QED) is 0.877. The Hall–Kier alpha value is -1.68. The first-order valence-electron chi connectivity index (χ1n) is 6.39. The van der Waals surface area contributed by atoms with Crippen LogP contribution in [-0.2, 0) is 13.0 Å². The molecule has 0 aliphatic heterocycles. The molecule has 0 aromatic carbocycles. The van der Waals surface area contributed by atoms with E-state index < -0.39 is 0 Å². The van der Waals surface area contributed by atoms with Gasteiger partial charge in [0.2, 0.25) is 0 Å². The first-order valence-corrected chi connectivity index (χ1v) is 6.39. The van der Waals surface area contributed by atoms with Gasteiger partial charge in [0.05, 0.1) is 18.3 Å². The molecule has 1 N–H and O–H groups in total. The first kappa shape index (κ1) is 11.4. The molecular weight excluding hydrogens is 226 g/mol. The van der Waals surface area contributed by atoms with E-state index in [4.69, 9.17) is 0 Å². The normalized spacial score (nSPS) is 18.7. The smallest absolute Gasteiger partial charge is 0.0828 e. The summed E-state index contributed by atoms with van der Waals surface area (Å²) < 4.78 is 2.25. The monoisotopic (exact) mass is 243 g/mol. The van der Waals surface area contributed by atoms with E-state index in [0.717, 1.165) is 37.1 Å². The number of aliphatic hydroxyl groups excluding tert-OH is 1. The molecule has 0 radical (unpaired) electrons. The molecule has 2 aromatic rings. The van der Waals surface area contributed by atoms with Crippen LogP contribution in [0, 0.1) is 6.92 Å². The Morgan fingerprint density at radius 1 is 1.50 bits per heavy atom. The Balaban J connectivity index is 1.97. The standard InChI is InChI=1S/C14H17N3O/c1-10-8-12-13(5-2-6-14(12)18)17(10)9-11-4-3-7-15-16-11/h3-4,7-8,14,18H,2,5-6,9H2,1H3. The van der Waals surface area contributed by atoms with Crippen LogP contribution in [0.5, 0.6) is 0 Å². The topological polar surface area (TPSA) is 50.9 Å². The minimum atomic E-state index is -0.296. The van der Waals surface area contributed by atoms with Gasteiger partial charge in [-0.3, -0.25) is 0 Å². The zero-order chi connectivity index (χ0) is 12.5. The third kappa shape index (κ3) is 1.93. The van der Waals surface area contributed by atoms with E-state index in [-0.39, 0.29) is 6.10 Å². The summed E-state index contributed by atoms with van der Waals surface area (Å²) in [6, 6.07) is 6.00. The van der Waals surface area contributed by atoms with E-state index in [1.54, 1.807) is 6.20 Å². The molecule has 0 spiro atoms. The van der Waals surface area contributed by atoms with E-state index in [0.29, 0.717) is 0 Å². The van der Waals surface area contributed by atoms with Gasteiger partial charge in [0.15, 0.2) is 0 Å². The van der Waals surface area contributed by atoms with Crippen LogP contribution in [0.4, 0.5) is 0 Å². The second kappa shape index (κ2) is 4.53. The van der Waals surface area contributed by atoms with Crippen molar-refractivity contribution in [1.29, 1.82) is 0 Å². The average molecular weight is 243 g/mol. The van der Waals surface area contributed by atoms with E-state index >= 15 is 0 Å². The molecule has 0 bridgehead atoms. The highest BCUT2D eigenvalue weighted by Crippen LogP contribution is 2.32. The van der Waals surface area contributed by atoms with E-state index in [1.807, 2.05) is 12.1 Å². The Morgan fingerprint density at radius 2 is 2.39 bits per heavy atom. The summed E-state index contributed by atoms with van der Waals surface area (Å²) in [5.74, 6) is 0. The van der Waals surface area contributed by atoms with Crippen molar-refractivity contribution < 1.29 is 5.11 Å². The maximum Gasteiger partial charge on any atom is 0.0828 e. The minimum absolute atomic E-state index is 0.296. The second-order valence-electron chi connectivity index (χ2n) is 4.90. The number of aryl methyl sites for hydroxylation is 1. The zero-order valence-electron chi connectivity index (χ0n) is 10.5. The molecule has 0 saturated heterocycles. The van der Waals surface area contributed by atoms with Gasteiger partial charge < -0.3 is 9.67 Å². The fraction of sp³-hybridized carbons (Fsp3) is 0.429. The summed E-state index contributed by atoms with van der Waals surface area (Å²) in [6.45, 7) is 2.82. The number of rotatable bonds is 2. The van der Waals surface area contributed by atoms with Crippen LogP contribution in [0.1, 0.15) is 41.6 Å². The van der Waals surface area contributed by atoms with Crippen LogP contribution in [0.2, 0.25) is 0 Å². The summed E-state index contributed by atoms with van der Waals surface area (Å²) in [4.78, 5) is 0. The Morgan fingerprint density at radius 3 is 3.17 bits per heavy atom. The fourth-order valence-corrected chi connectivity index (χ4v) is 2.74. The number of fused-ring (bicyclic) bond motifs is 1. The van der Waals surface area contributed by atoms with Crippen LogP contribution in [-0.4, -0.2) is 19.9 Å². The number of aromatic nitrogens is 3. The van der Waals surface area contributed by atoms with Gasteiger partial charge in [-0.15, -0.1) is 0 Å². The molecule has 1 aliphatic rings. The van der Waals surface area contributed by atoms with Gasteiger partial charge in [-0.05, 0) is 44.4 Å². The number of aliphatic hydroxyl groups is 1. The van der Waals surface area contributed by atoms with Crippen LogP contribution >= 0.6 is 0 Å². The molecule has 4 nitrogen and oxygen atoms in total. The van der Waals surface area contributed by atoms with Gasteiger partial charge in [-0.25, -0.2) is 0 Å². The van der Waals surface area contributed by atoms with Gasteiger partial charge in [0.25, 0.3) is 0 Å². The molecule has 1 unspecified atom stereocenters. The third-order valence-corrected chi connectivity index (χ3v) is 3.65. The molecular formula is C14H17N3O. The van der Waals surface area contributed by atoms with Crippen molar-refractivity contribution in [2.45, 2.75) is 38.8 Å². The number of hydrogen-bond acceptors (Lipinski definition) is 3. The summed E-state index contributed by atoms with van der Waals surface area (Å²) in [7, 11) is 0. The van der Waals surface area contributed by atoms with E-state index in [2.05, 4.69) is 27.8 Å². The Kier molecular flexibility index (Phi) is 2.88. The lowest BCUT2D eigenvalue weighted by atomic mass is 9.95. The second-order valence-corrected chi connectivity index (χ2v) is 4.90. The first-order chi connectivity index (χ1) is 8.75. The number of nitrogens with zero attached hydrogens (tertiary/aromatic N) is 3. The molecule has 1 atom stereocenters. The average Bonchev–Trinajstić information content (AvgIpc) is 2.70. The van der Waals surface area contributed by atoms with Crippen molar-refractivity contribution in [3.8, 4) is 0 Å². The summed E-state index contributed by atoms with van der Waals surface area (Å²) in [5.41, 5.74) is 4.50. The molecule has 2 heterocycles. The fourth-order valence-electron chi connectivity index (χ4n) is 2.74. The summed E-state index contributed by atoms with van der Waals surface area (Å²) in [6.07, 6.45) is 4.36. The maximum atomic E-state index is 10.0. The lowest BCUT2D eigenvalue weighted by Crippen LogP contribution is -2.13. The van der Waals surface area contributed by atoms with Crippen molar-refractivity contribution in [3.05, 3.63) is 47.0 Å². The van der Waals surface area contributed by atoms with Crippen molar-refractivity contribution in [1.82, 2.24) is 14.8 Å². The predicted molar refractivity (Wildman–Crippen MR) is 68.2 cm³/mol. The van der Waals surface area contributed by atoms with Gasteiger partial charge in [-0.1, -0.05) is 0 Å². The SMILES string of the molecule is Cc1cc2c(n1Cc1cccnn1)CCCC2O. The minimum Gasteiger partial charge on any atom is -0.388 e. The van der Waals surface area contributed by atoms with Crippen molar-refractivity contribution >= 4 is 0 Å². The molecule has 94 valence electrons. The highest BCUT2D eigenvalue weighted by molar-refractivity contribution is 5.32. The van der Waals surface area contributed by atoms with Crippen molar-refractivity contribution in [2.75, 3.05) is 0 Å². The Bertz CT molecular complexity index is 548. The van der Waals surface area contributed by atoms with Crippen LogP contribution in [0.3, 0.4) is 0 Å². The highest BCUT2D eigenvalue weighted by Gasteiger charge is 2.23. The molecule has 3 rings (SSSR count). The van der Waals surface area contributed by atoms with Crippen LogP contribution < -0.4 is 0 Å². The van der Waals surface area contributed by atoms with Crippen LogP contribution in [0.15, 0.2) is 24.4 Å². The van der Waals surface area contributed by atoms with E-state index in [1.165, 1.54) is 11.4 Å². The van der Waals surface area contributed by atoms with Gasteiger partial charge in [0.1, 0.15) is 0 Å². The lowest BCUT2D eigenvalue weighted by Gasteiger charge is -2.20. The lowest BCUT2D eigenvalue weighted by molar-refractivity contribution is 0.155. The largest absolute Gasteiger partial charge is 0.388 e. The molecule has 4 heteroatoms. The maximum absolute atomic E-state index is 10.0. The van der Waals surface area contributed by atoms with Gasteiger partial charge in [-0.2, -0.15) is 10.2 Å². The molecule has 0 fully saturated rings. The Labute approximate surface area is 106 Å². The van der Waals surface area contributed by atoms with Crippen molar-refractivity contribution in [2.24, 2.45) is 0 Å². The zero-order valence-corrected chi connectivity index (χ0v) is 10.5. The van der Waals surface area contributed by atoms with Crippen molar-refractivity contribution in [3.63, 3.8) is 0 Å². The molecule has 1 aliphatic carbocycles. The molecule has 18 heavy (non-hydrogen) atoms. The number of hydrogen-bond donors (Lipinski definition) is 1. The molecule has 0 amide bonds. The van der Waals surface area contributed by atoms with Gasteiger partial charge in [0, 0.05) is 23.1 Å². The molecule has 0 saturated carbocycles. The predicted octanol–water partition coefficient (Wildman–Crippen LogP) is 2.00.